The average molecular weight is 235 g/mol. The number of carbonyl (C=O) groups is 1. The summed E-state index contributed by atoms with van der Waals surface area (Å²) in [6.07, 6.45) is 3.93. The minimum Gasteiger partial charge on any atom is -0.478 e. The van der Waals surface area contributed by atoms with Crippen molar-refractivity contribution in [2.45, 2.75) is 18.9 Å². The van der Waals surface area contributed by atoms with Gasteiger partial charge >= 0.3 is 5.97 Å². The van der Waals surface area contributed by atoms with Crippen LogP contribution in [-0.4, -0.2) is 47.1 Å². The first kappa shape index (κ1) is 11.9. The topological polar surface area (TPSA) is 65.5 Å². The highest BCUT2D eigenvalue weighted by Gasteiger charge is 2.20. The van der Waals surface area contributed by atoms with Gasteiger partial charge in [-0.1, -0.05) is 0 Å². The molecule has 0 spiro atoms. The monoisotopic (exact) mass is 235 g/mol. The van der Waals surface area contributed by atoms with Crippen molar-refractivity contribution in [1.29, 1.82) is 0 Å². The molecule has 0 amide bonds. The van der Waals surface area contributed by atoms with E-state index >= 15 is 0 Å². The molecule has 0 bridgehead atoms. The van der Waals surface area contributed by atoms with E-state index in [0.717, 1.165) is 13.1 Å². The van der Waals surface area contributed by atoms with Crippen molar-refractivity contribution in [3.8, 4) is 0 Å². The minimum absolute atomic E-state index is 0.266. The molecule has 1 unspecified atom stereocenters. The van der Waals surface area contributed by atoms with E-state index in [1.54, 1.807) is 6.07 Å². The Labute approximate surface area is 100 Å². The molecule has 1 aliphatic rings. The van der Waals surface area contributed by atoms with Crippen LogP contribution in [0.2, 0.25) is 0 Å². The zero-order valence-electron chi connectivity index (χ0n) is 9.89. The smallest absolute Gasteiger partial charge is 0.335 e. The lowest BCUT2D eigenvalue weighted by Gasteiger charge is -2.19. The number of anilines is 1. The van der Waals surface area contributed by atoms with Gasteiger partial charge in [0.2, 0.25) is 0 Å². The van der Waals surface area contributed by atoms with Crippen molar-refractivity contribution in [2.24, 2.45) is 0 Å². The number of pyridine rings is 1. The first-order chi connectivity index (χ1) is 8.16. The molecule has 1 aromatic heterocycles. The number of hydrogen-bond acceptors (Lipinski definition) is 4. The maximum Gasteiger partial charge on any atom is 0.335 e. The molecule has 92 valence electrons. The summed E-state index contributed by atoms with van der Waals surface area (Å²) >= 11 is 0. The third kappa shape index (κ3) is 2.94. The molecule has 0 aliphatic carbocycles. The van der Waals surface area contributed by atoms with Gasteiger partial charge in [0.15, 0.2) is 0 Å². The van der Waals surface area contributed by atoms with E-state index in [4.69, 9.17) is 5.11 Å². The zero-order valence-corrected chi connectivity index (χ0v) is 9.89. The standard InChI is InChI=1S/C12H17N3O2/c1-15-6-2-3-10(15)8-14-11-7-9(12(16)17)4-5-13-11/h4-5,7,10H,2-3,6,8H2,1H3,(H,13,14)(H,16,17). The molecule has 1 saturated heterocycles. The predicted octanol–water partition coefficient (Wildman–Crippen LogP) is 1.29. The number of likely N-dealkylation sites (tertiary alicyclic amines) is 1. The van der Waals surface area contributed by atoms with Crippen molar-refractivity contribution >= 4 is 11.8 Å². The Morgan fingerprint density at radius 3 is 3.18 bits per heavy atom. The van der Waals surface area contributed by atoms with Crippen LogP contribution in [0.15, 0.2) is 18.3 Å². The summed E-state index contributed by atoms with van der Waals surface area (Å²) in [5.41, 5.74) is 0.266. The second kappa shape index (κ2) is 5.14. The molecular formula is C12H17N3O2. The Bertz CT molecular complexity index is 408. The fraction of sp³-hybridized carbons (Fsp3) is 0.500. The van der Waals surface area contributed by atoms with Crippen LogP contribution < -0.4 is 5.32 Å². The molecule has 1 aromatic rings. The highest BCUT2D eigenvalue weighted by molar-refractivity contribution is 5.88. The van der Waals surface area contributed by atoms with Gasteiger partial charge in [0.25, 0.3) is 0 Å². The zero-order chi connectivity index (χ0) is 12.3. The maximum atomic E-state index is 10.8. The summed E-state index contributed by atoms with van der Waals surface area (Å²) in [4.78, 5) is 17.2. The largest absolute Gasteiger partial charge is 0.478 e. The molecule has 0 aromatic carbocycles. The van der Waals surface area contributed by atoms with E-state index in [9.17, 15) is 4.79 Å². The molecule has 5 nitrogen and oxygen atoms in total. The normalized spacial score (nSPS) is 20.4. The van der Waals surface area contributed by atoms with Gasteiger partial charge in [-0.25, -0.2) is 9.78 Å². The van der Waals surface area contributed by atoms with Crippen LogP contribution in [0.25, 0.3) is 0 Å². The molecule has 2 heterocycles. The van der Waals surface area contributed by atoms with Crippen molar-refractivity contribution in [3.63, 3.8) is 0 Å². The summed E-state index contributed by atoms with van der Waals surface area (Å²) in [5.74, 6) is -0.293. The van der Waals surface area contributed by atoms with E-state index in [-0.39, 0.29) is 5.56 Å². The van der Waals surface area contributed by atoms with Gasteiger partial charge in [0, 0.05) is 18.8 Å². The van der Waals surface area contributed by atoms with E-state index < -0.39 is 5.97 Å². The molecule has 1 aliphatic heterocycles. The lowest BCUT2D eigenvalue weighted by molar-refractivity contribution is 0.0697. The molecule has 17 heavy (non-hydrogen) atoms. The molecule has 1 fully saturated rings. The summed E-state index contributed by atoms with van der Waals surface area (Å²) < 4.78 is 0. The van der Waals surface area contributed by atoms with Crippen LogP contribution in [0.4, 0.5) is 5.82 Å². The number of nitrogens with one attached hydrogen (secondary N) is 1. The Kier molecular flexibility index (Phi) is 3.58. The second-order valence-corrected chi connectivity index (χ2v) is 4.39. The van der Waals surface area contributed by atoms with E-state index in [1.165, 1.54) is 25.1 Å². The minimum atomic E-state index is -0.923. The number of aromatic carboxylic acids is 1. The van der Waals surface area contributed by atoms with Gasteiger partial charge in [-0.15, -0.1) is 0 Å². The number of carboxylic acid groups (broad SMARTS) is 1. The SMILES string of the molecule is CN1CCCC1CNc1cc(C(=O)O)ccn1. The lowest BCUT2D eigenvalue weighted by Crippen LogP contribution is -2.31. The fourth-order valence-corrected chi connectivity index (χ4v) is 2.12. The third-order valence-corrected chi connectivity index (χ3v) is 3.20. The molecule has 5 heteroatoms. The molecule has 1 atom stereocenters. The Balaban J connectivity index is 1.94. The van der Waals surface area contributed by atoms with Gasteiger partial charge in [-0.3, -0.25) is 0 Å². The summed E-state index contributed by atoms with van der Waals surface area (Å²) in [6, 6.07) is 3.58. The van der Waals surface area contributed by atoms with Crippen LogP contribution in [-0.2, 0) is 0 Å². The Morgan fingerprint density at radius 1 is 1.71 bits per heavy atom. The number of carboxylic acids is 1. The van der Waals surface area contributed by atoms with Crippen LogP contribution >= 0.6 is 0 Å². The highest BCUT2D eigenvalue weighted by Crippen LogP contribution is 2.15. The number of hydrogen-bond donors (Lipinski definition) is 2. The first-order valence-electron chi connectivity index (χ1n) is 5.80. The van der Waals surface area contributed by atoms with E-state index in [1.807, 2.05) is 0 Å². The van der Waals surface area contributed by atoms with Crippen LogP contribution in [0.1, 0.15) is 23.2 Å². The summed E-state index contributed by atoms with van der Waals surface area (Å²) in [6.45, 7) is 1.95. The number of rotatable bonds is 4. The van der Waals surface area contributed by atoms with Crippen molar-refractivity contribution in [3.05, 3.63) is 23.9 Å². The third-order valence-electron chi connectivity index (χ3n) is 3.20. The summed E-state index contributed by atoms with van der Waals surface area (Å²) in [5, 5.41) is 12.1. The molecule has 0 radical (unpaired) electrons. The fourth-order valence-electron chi connectivity index (χ4n) is 2.12. The van der Waals surface area contributed by atoms with E-state index in [0.29, 0.717) is 11.9 Å². The van der Waals surface area contributed by atoms with Gasteiger partial charge < -0.3 is 15.3 Å². The van der Waals surface area contributed by atoms with Crippen molar-refractivity contribution in [2.75, 3.05) is 25.5 Å². The van der Waals surface area contributed by atoms with Gasteiger partial charge in [0.1, 0.15) is 5.82 Å². The Morgan fingerprint density at radius 2 is 2.53 bits per heavy atom. The van der Waals surface area contributed by atoms with Gasteiger partial charge in [-0.2, -0.15) is 0 Å². The van der Waals surface area contributed by atoms with Crippen molar-refractivity contribution < 1.29 is 9.90 Å². The maximum absolute atomic E-state index is 10.8. The molecule has 2 rings (SSSR count). The first-order valence-corrected chi connectivity index (χ1v) is 5.80. The lowest BCUT2D eigenvalue weighted by atomic mass is 10.2. The second-order valence-electron chi connectivity index (χ2n) is 4.39. The van der Waals surface area contributed by atoms with Crippen LogP contribution in [0, 0.1) is 0 Å². The molecule has 0 saturated carbocycles. The van der Waals surface area contributed by atoms with Crippen molar-refractivity contribution in [1.82, 2.24) is 9.88 Å². The quantitative estimate of drug-likeness (QED) is 0.823. The van der Waals surface area contributed by atoms with E-state index in [2.05, 4.69) is 22.2 Å². The predicted molar refractivity (Wildman–Crippen MR) is 65.3 cm³/mol. The number of likely N-dealkylation sites (N-methyl/N-ethyl adjacent to an activating group) is 1. The van der Waals surface area contributed by atoms with Gasteiger partial charge in [0.05, 0.1) is 5.56 Å². The van der Waals surface area contributed by atoms with Crippen LogP contribution in [0.3, 0.4) is 0 Å². The average Bonchev–Trinajstić information content (AvgIpc) is 2.72. The number of aromatic nitrogens is 1. The Hall–Kier alpha value is -1.62. The van der Waals surface area contributed by atoms with Gasteiger partial charge in [-0.05, 0) is 38.6 Å². The van der Waals surface area contributed by atoms with Crippen LogP contribution in [0.5, 0.6) is 0 Å². The molecule has 2 N–H and O–H groups in total. The molecular weight excluding hydrogens is 218 g/mol. The summed E-state index contributed by atoms with van der Waals surface area (Å²) in [7, 11) is 2.11. The number of nitrogens with zero attached hydrogens (tertiary/aromatic N) is 2. The highest BCUT2D eigenvalue weighted by atomic mass is 16.4.